The van der Waals surface area contributed by atoms with Crippen molar-refractivity contribution >= 4 is 75.5 Å². The average Bonchev–Trinajstić information content (AvgIpc) is 4.13. The first kappa shape index (κ1) is 65.7. The maximum atomic E-state index is 11.4. The van der Waals surface area contributed by atoms with Gasteiger partial charge < -0.3 is 61.3 Å². The number of hydrogen-bond donors (Lipinski definition) is 8. The Bertz CT molecular complexity index is 1960. The number of aromatic nitrogens is 3. The van der Waals surface area contributed by atoms with Crippen molar-refractivity contribution in [1.29, 1.82) is 0 Å². The summed E-state index contributed by atoms with van der Waals surface area (Å²) in [7, 11) is 0. The molecule has 0 bridgehead atoms. The molecule has 25 heteroatoms. The van der Waals surface area contributed by atoms with E-state index in [4.69, 9.17) is 20.7 Å². The monoisotopic (exact) mass is 1100 g/mol. The maximum absolute atomic E-state index is 11.4. The molecule has 22 nitrogen and oxygen atoms in total. The van der Waals surface area contributed by atoms with Crippen molar-refractivity contribution in [3.63, 3.8) is 0 Å². The molecule has 8 rings (SSSR count). The second kappa shape index (κ2) is 33.4. The van der Waals surface area contributed by atoms with E-state index in [1.54, 1.807) is 13.8 Å². The van der Waals surface area contributed by atoms with E-state index < -0.39 is 15.4 Å². The number of aliphatic hydroxyl groups is 5. The van der Waals surface area contributed by atoms with Gasteiger partial charge in [-0.25, -0.2) is 19.7 Å². The van der Waals surface area contributed by atoms with Crippen LogP contribution in [0.25, 0.3) is 0 Å². The summed E-state index contributed by atoms with van der Waals surface area (Å²) in [5, 5.41) is 72.3. The predicted molar refractivity (Wildman–Crippen MR) is 279 cm³/mol. The van der Waals surface area contributed by atoms with Crippen molar-refractivity contribution in [2.75, 3.05) is 81.0 Å². The highest BCUT2D eigenvalue weighted by Crippen LogP contribution is 2.24. The molecule has 8 heterocycles. The third-order valence-corrected chi connectivity index (χ3v) is 10.5. The molecule has 0 aliphatic carbocycles. The predicted octanol–water partition coefficient (Wildman–Crippen LogP) is 5.01. The van der Waals surface area contributed by atoms with Crippen molar-refractivity contribution in [3.8, 4) is 0 Å². The van der Waals surface area contributed by atoms with Crippen molar-refractivity contribution in [3.05, 3.63) is 78.3 Å². The number of anilines is 3. The highest BCUT2D eigenvalue weighted by molar-refractivity contribution is 9.10. The Balaban J connectivity index is 0.000000828. The normalized spacial score (nSPS) is 20.8. The van der Waals surface area contributed by atoms with Crippen LogP contribution in [0.3, 0.4) is 0 Å². The van der Waals surface area contributed by atoms with Crippen molar-refractivity contribution < 1.29 is 44.9 Å². The second-order valence-corrected chi connectivity index (χ2v) is 18.3. The number of nitrogen functional groups attached to an aromatic ring is 1. The van der Waals surface area contributed by atoms with Crippen molar-refractivity contribution in [1.82, 2.24) is 30.5 Å². The lowest BCUT2D eigenvalue weighted by Crippen LogP contribution is -2.35. The number of hydrogen-bond acceptors (Lipinski definition) is 19. The summed E-state index contributed by atoms with van der Waals surface area (Å²) in [5.74, 6) is 1.45. The Hall–Kier alpha value is -4.30. The fraction of sp³-hybridized carbons (Fsp3) is 0.644. The lowest BCUT2D eigenvalue weighted by molar-refractivity contribution is -0.385. The lowest BCUT2D eigenvalue weighted by Gasteiger charge is -2.24. The number of β-amino-alcohol motifs (C(OH)–C–C–N with tert-alkyl or cyclic N) is 5. The van der Waals surface area contributed by atoms with Gasteiger partial charge in [-0.15, -0.1) is 24.8 Å². The van der Waals surface area contributed by atoms with Gasteiger partial charge in [0.2, 0.25) is 0 Å². The molecule has 0 aromatic carbocycles. The van der Waals surface area contributed by atoms with Crippen LogP contribution in [-0.4, -0.2) is 163 Å². The third kappa shape index (κ3) is 26.2. The van der Waals surface area contributed by atoms with Crippen LogP contribution in [0.2, 0.25) is 0 Å². The number of rotatable bonds is 4. The Labute approximate surface area is 432 Å². The van der Waals surface area contributed by atoms with E-state index in [-0.39, 0.29) is 72.8 Å². The lowest BCUT2D eigenvalue weighted by atomic mass is 10.2. The van der Waals surface area contributed by atoms with Gasteiger partial charge >= 0.3 is 6.09 Å². The number of aliphatic hydroxyl groups excluding tert-OH is 5. The molecule has 5 aliphatic heterocycles. The number of amides is 1. The molecule has 0 spiro atoms. The molecule has 0 radical (unpaired) electrons. The van der Waals surface area contributed by atoms with Crippen LogP contribution >= 0.6 is 40.7 Å². The molecule has 9 N–H and O–H groups in total. The highest BCUT2D eigenvalue weighted by atomic mass is 79.9. The maximum Gasteiger partial charge on any atom is 0.410 e. The average molecular weight is 1100 g/mol. The Morgan fingerprint density at radius 1 is 0.671 bits per heavy atom. The minimum Gasteiger partial charge on any atom is -0.444 e. The van der Waals surface area contributed by atoms with Crippen LogP contribution in [-0.2, 0) is 4.74 Å². The zero-order chi connectivity index (χ0) is 51.1. The summed E-state index contributed by atoms with van der Waals surface area (Å²) in [5.41, 5.74) is 8.28. The van der Waals surface area contributed by atoms with Gasteiger partial charge in [-0.05, 0) is 109 Å². The molecule has 5 atom stereocenters. The number of aryl methyl sites for hydroxylation is 3. The number of pyridine rings is 3. The van der Waals surface area contributed by atoms with Gasteiger partial charge in [0.05, 0.1) is 46.4 Å². The smallest absolute Gasteiger partial charge is 0.410 e. The van der Waals surface area contributed by atoms with Crippen LogP contribution in [0.4, 0.5) is 33.5 Å². The topological polar surface area (TPSA) is 312 Å². The number of nitro groups is 2. The fourth-order valence-electron chi connectivity index (χ4n) is 6.87. The van der Waals surface area contributed by atoms with Crippen LogP contribution < -0.4 is 26.2 Å². The second-order valence-electron chi connectivity index (χ2n) is 17.5. The van der Waals surface area contributed by atoms with Gasteiger partial charge in [-0.3, -0.25) is 20.2 Å². The van der Waals surface area contributed by atoms with Gasteiger partial charge in [0.1, 0.15) is 21.8 Å². The summed E-state index contributed by atoms with van der Waals surface area (Å²) in [6.45, 7) is 22.1. The van der Waals surface area contributed by atoms with Gasteiger partial charge in [0.15, 0.2) is 0 Å². The molecule has 3 aromatic rings. The largest absolute Gasteiger partial charge is 0.444 e. The first-order chi connectivity index (χ1) is 32.0. The molecule has 1 amide bonds. The van der Waals surface area contributed by atoms with E-state index in [0.717, 1.165) is 69.2 Å². The summed E-state index contributed by atoms with van der Waals surface area (Å²) in [4.78, 5) is 49.5. The van der Waals surface area contributed by atoms with E-state index in [1.807, 2.05) is 58.6 Å². The van der Waals surface area contributed by atoms with E-state index >= 15 is 0 Å². The Kier molecular flexibility index (Phi) is 31.3. The first-order valence-corrected chi connectivity index (χ1v) is 23.7. The Morgan fingerprint density at radius 3 is 1.41 bits per heavy atom. The molecule has 5 fully saturated rings. The van der Waals surface area contributed by atoms with Gasteiger partial charge in [0, 0.05) is 99.4 Å². The number of ether oxygens (including phenoxy) is 1. The molecule has 5 aliphatic rings. The zero-order valence-corrected chi connectivity index (χ0v) is 44.7. The van der Waals surface area contributed by atoms with Gasteiger partial charge in [-0.2, -0.15) is 0 Å². The quantitative estimate of drug-likeness (QED) is 0.0967. The number of carbonyl (C=O) groups excluding carboxylic acids is 1. The molecule has 3 aromatic heterocycles. The summed E-state index contributed by atoms with van der Waals surface area (Å²) >= 11 is 3.07. The number of nitrogens with one attached hydrogen (secondary N) is 2. The highest BCUT2D eigenvalue weighted by Gasteiger charge is 2.29. The molecular weight excluding hydrogens is 1020 g/mol. The summed E-state index contributed by atoms with van der Waals surface area (Å²) < 4.78 is 5.64. The number of halogens is 3. The molecule has 398 valence electrons. The van der Waals surface area contributed by atoms with Gasteiger partial charge in [0.25, 0.3) is 11.4 Å². The van der Waals surface area contributed by atoms with Gasteiger partial charge in [-0.1, -0.05) is 13.8 Å². The van der Waals surface area contributed by atoms with Crippen LogP contribution in [0.1, 0.15) is 83.8 Å². The number of nitrogens with zero attached hydrogens (tertiary/aromatic N) is 8. The van der Waals surface area contributed by atoms with Crippen molar-refractivity contribution in [2.24, 2.45) is 0 Å². The Morgan fingerprint density at radius 2 is 1.09 bits per heavy atom. The third-order valence-electron chi connectivity index (χ3n) is 10.1. The number of carbonyl (C=O) groups is 1. The first-order valence-electron chi connectivity index (χ1n) is 22.9. The minimum atomic E-state index is -0.454. The van der Waals surface area contributed by atoms with Crippen LogP contribution in [0.15, 0.2) is 41.0 Å². The number of likely N-dealkylation sites (tertiary alicyclic amines) is 1. The summed E-state index contributed by atoms with van der Waals surface area (Å²) in [6.07, 6.45) is 2.59. The van der Waals surface area contributed by atoms with Crippen molar-refractivity contribution in [2.45, 2.75) is 124 Å². The summed E-state index contributed by atoms with van der Waals surface area (Å²) in [6, 6.07) is 9.37. The SMILES string of the molecule is CC.CC(C)(C)OC(=O)N1CC[C@H](O)C1.Cc1cc(N)cc(N2CC[C@H](O)C2)n1.Cc1cc([N+](=O)[O-])cc(Br)n1.Cc1cc([N+](=O)[O-])cc(N2CC[C@H](O)C2)n1.Cl.Cl.O[C@H]1CCNC1.O[C@H]1CCNC1. The fourth-order valence-corrected chi connectivity index (χ4v) is 7.38. The van der Waals surface area contributed by atoms with E-state index in [0.29, 0.717) is 67.4 Å². The van der Waals surface area contributed by atoms with E-state index in [2.05, 4.69) is 46.4 Å². The molecule has 0 unspecified atom stereocenters. The molecular formula is C45H76BrCl2N11O11. The van der Waals surface area contributed by atoms with Crippen LogP contribution in [0.5, 0.6) is 0 Å². The standard InChI is InChI=1S/C10H13N3O3.C10H15N3O.C9H17NO3.C6H5BrN2O2.2C4H9NO.C2H6.2ClH/c1-7-4-8(13(15)16)5-10(11-7)12-3-2-9(14)6-12;1-7-4-8(11)5-10(12-7)13-3-2-9(14)6-13;1-9(2,3)13-8(12)10-5-4-7(11)6-10;1-4-2-5(9(10)11)3-6(7)8-4;2*6-4-1-2-5-3-4;1-2;;/h4-5,9,14H,2-3,6H2,1H3;4-5,9,14H,2-3,6H2,1H3,(H2,11,12);7,11H,4-6H2,1-3H3;2-3H,1H3;2*4-6H,1-3H2;1-2H3;2*1H/t2*9-;7-;;2*4-;;;/m000.00.../s1. The van der Waals surface area contributed by atoms with Crippen LogP contribution in [0, 0.1) is 41.0 Å². The molecule has 70 heavy (non-hydrogen) atoms. The zero-order valence-electron chi connectivity index (χ0n) is 41.5. The minimum absolute atomic E-state index is 0. The molecule has 0 saturated carbocycles. The number of nitrogens with two attached hydrogens (primary N) is 1. The van der Waals surface area contributed by atoms with E-state index in [9.17, 15) is 40.3 Å². The molecule has 5 saturated heterocycles. The van der Waals surface area contributed by atoms with E-state index in [1.165, 1.54) is 29.2 Å².